The van der Waals surface area contributed by atoms with Gasteiger partial charge in [-0.3, -0.25) is 4.79 Å². The molecule has 0 radical (unpaired) electrons. The second kappa shape index (κ2) is 9.06. The molecule has 3 rings (SSSR count). The Kier molecular flexibility index (Phi) is 6.96. The van der Waals surface area contributed by atoms with Crippen molar-refractivity contribution >= 4 is 24.6 Å². The first-order valence-electron chi connectivity index (χ1n) is 11.5. The number of hydrogen-bond donors (Lipinski definition) is 1. The summed E-state index contributed by atoms with van der Waals surface area (Å²) < 4.78 is 17.6. The lowest BCUT2D eigenvalue weighted by Gasteiger charge is -2.33. The number of hydrogen-bond acceptors (Lipinski definition) is 5. The van der Waals surface area contributed by atoms with Crippen molar-refractivity contribution in [2.45, 2.75) is 90.6 Å². The third-order valence-corrected chi connectivity index (χ3v) is 6.38. The van der Waals surface area contributed by atoms with Crippen LogP contribution in [0.5, 0.6) is 0 Å². The Morgan fingerprint density at radius 1 is 1.06 bits per heavy atom. The number of benzene rings is 1. The molecule has 2 fully saturated rings. The molecule has 0 aromatic heterocycles. The topological polar surface area (TPSA) is 77.1 Å². The third kappa shape index (κ3) is 6.04. The van der Waals surface area contributed by atoms with Crippen molar-refractivity contribution in [2.75, 3.05) is 13.1 Å². The minimum atomic E-state index is -0.500. The van der Waals surface area contributed by atoms with Crippen molar-refractivity contribution < 1.29 is 23.6 Å². The van der Waals surface area contributed by atoms with Crippen LogP contribution in [-0.2, 0) is 25.3 Å². The van der Waals surface area contributed by atoms with Crippen LogP contribution in [0.4, 0.5) is 4.79 Å². The largest absolute Gasteiger partial charge is 0.494 e. The average molecular weight is 444 g/mol. The van der Waals surface area contributed by atoms with Crippen molar-refractivity contribution in [1.29, 1.82) is 0 Å². The van der Waals surface area contributed by atoms with Crippen molar-refractivity contribution in [1.82, 2.24) is 10.2 Å². The maximum Gasteiger partial charge on any atom is 0.494 e. The van der Waals surface area contributed by atoms with Crippen LogP contribution in [0.2, 0.25) is 0 Å². The average Bonchev–Trinajstić information content (AvgIpc) is 2.89. The third-order valence-electron chi connectivity index (χ3n) is 6.38. The number of carbonyl (C=O) groups excluding carboxylic acids is 2. The maximum atomic E-state index is 12.5. The Hall–Kier alpha value is -2.06. The second-order valence-corrected chi connectivity index (χ2v) is 10.8. The molecular weight excluding hydrogens is 407 g/mol. The Bertz CT molecular complexity index is 808. The molecule has 0 saturated carbocycles. The molecule has 2 aliphatic heterocycles. The Balaban J connectivity index is 1.46. The van der Waals surface area contributed by atoms with Gasteiger partial charge in [0.25, 0.3) is 0 Å². The van der Waals surface area contributed by atoms with Gasteiger partial charge in [0.05, 0.1) is 17.6 Å². The first kappa shape index (κ1) is 24.6. The highest BCUT2D eigenvalue weighted by atomic mass is 16.7. The van der Waals surface area contributed by atoms with Crippen molar-refractivity contribution in [3.8, 4) is 0 Å². The van der Waals surface area contributed by atoms with Crippen molar-refractivity contribution in [3.05, 3.63) is 29.8 Å². The van der Waals surface area contributed by atoms with Gasteiger partial charge in [0.1, 0.15) is 5.60 Å². The summed E-state index contributed by atoms with van der Waals surface area (Å²) in [6.07, 6.45) is 1.48. The van der Waals surface area contributed by atoms with Gasteiger partial charge >= 0.3 is 13.2 Å². The first-order valence-corrected chi connectivity index (χ1v) is 11.5. The zero-order valence-corrected chi connectivity index (χ0v) is 20.5. The molecule has 176 valence electrons. The Morgan fingerprint density at radius 3 is 2.09 bits per heavy atom. The summed E-state index contributed by atoms with van der Waals surface area (Å²) in [6, 6.07) is 7.90. The monoisotopic (exact) mass is 444 g/mol. The highest BCUT2D eigenvalue weighted by Gasteiger charge is 2.51. The molecule has 0 spiro atoms. The van der Waals surface area contributed by atoms with Gasteiger partial charge in [0.15, 0.2) is 0 Å². The van der Waals surface area contributed by atoms with E-state index in [1.54, 1.807) is 4.90 Å². The fourth-order valence-electron chi connectivity index (χ4n) is 3.77. The summed E-state index contributed by atoms with van der Waals surface area (Å²) in [6.45, 7) is 14.9. The molecule has 7 nitrogen and oxygen atoms in total. The number of carbonyl (C=O) groups is 2. The van der Waals surface area contributed by atoms with Gasteiger partial charge in [0.2, 0.25) is 5.91 Å². The zero-order valence-electron chi connectivity index (χ0n) is 20.5. The zero-order chi connectivity index (χ0) is 23.7. The van der Waals surface area contributed by atoms with E-state index in [0.717, 1.165) is 23.9 Å². The summed E-state index contributed by atoms with van der Waals surface area (Å²) >= 11 is 0. The number of ether oxygens (including phenoxy) is 1. The molecule has 0 aliphatic carbocycles. The van der Waals surface area contributed by atoms with Gasteiger partial charge in [-0.25, -0.2) is 4.79 Å². The van der Waals surface area contributed by atoms with Gasteiger partial charge in [-0.15, -0.1) is 0 Å². The van der Waals surface area contributed by atoms with Gasteiger partial charge in [-0.05, 0) is 72.3 Å². The Morgan fingerprint density at radius 2 is 1.59 bits per heavy atom. The number of likely N-dealkylation sites (tertiary alicyclic amines) is 1. The first-order chi connectivity index (χ1) is 14.8. The van der Waals surface area contributed by atoms with Crippen LogP contribution in [0, 0.1) is 0 Å². The molecule has 1 aromatic rings. The fourth-order valence-corrected chi connectivity index (χ4v) is 3.77. The van der Waals surface area contributed by atoms with E-state index >= 15 is 0 Å². The van der Waals surface area contributed by atoms with E-state index in [2.05, 4.69) is 5.32 Å². The van der Waals surface area contributed by atoms with Gasteiger partial charge < -0.3 is 24.3 Å². The van der Waals surface area contributed by atoms with Crippen molar-refractivity contribution in [3.63, 3.8) is 0 Å². The van der Waals surface area contributed by atoms with Gasteiger partial charge in [0, 0.05) is 19.1 Å². The number of rotatable bonds is 4. The quantitative estimate of drug-likeness (QED) is 0.723. The number of piperidine rings is 1. The van der Waals surface area contributed by atoms with E-state index in [-0.39, 0.29) is 29.2 Å². The summed E-state index contributed by atoms with van der Waals surface area (Å²) in [7, 11) is -0.405. The molecular formula is C24H37BN2O5. The lowest BCUT2D eigenvalue weighted by Crippen LogP contribution is -2.48. The van der Waals surface area contributed by atoms with Crippen molar-refractivity contribution in [2.24, 2.45) is 0 Å². The molecule has 0 unspecified atom stereocenters. The van der Waals surface area contributed by atoms with Crippen LogP contribution in [0.25, 0.3) is 0 Å². The molecule has 2 aliphatic rings. The number of nitrogens with zero attached hydrogens (tertiary/aromatic N) is 1. The summed E-state index contributed by atoms with van der Waals surface area (Å²) in [5.41, 5.74) is 0.626. The predicted molar refractivity (Wildman–Crippen MR) is 125 cm³/mol. The minimum absolute atomic E-state index is 0.0101. The van der Waals surface area contributed by atoms with E-state index < -0.39 is 12.7 Å². The highest BCUT2D eigenvalue weighted by molar-refractivity contribution is 6.62. The normalized spacial score (nSPS) is 20.8. The maximum absolute atomic E-state index is 12.5. The summed E-state index contributed by atoms with van der Waals surface area (Å²) in [4.78, 5) is 26.4. The van der Waals surface area contributed by atoms with E-state index in [1.165, 1.54) is 0 Å². The molecule has 2 amide bonds. The van der Waals surface area contributed by atoms with Crippen LogP contribution in [-0.4, -0.2) is 60.0 Å². The minimum Gasteiger partial charge on any atom is -0.444 e. The van der Waals surface area contributed by atoms with Gasteiger partial charge in [-0.1, -0.05) is 24.3 Å². The SMILES string of the molecule is CC(C)(C)OC(=O)N1CCC(NC(=O)Cc2ccc(B3OC(C)(C)C(C)(C)O3)cc2)CC1. The lowest BCUT2D eigenvalue weighted by atomic mass is 9.79. The van der Waals surface area contributed by atoms with Crippen LogP contribution in [0.15, 0.2) is 24.3 Å². The lowest BCUT2D eigenvalue weighted by molar-refractivity contribution is -0.121. The van der Waals surface area contributed by atoms with Crippen LogP contribution in [0.3, 0.4) is 0 Å². The van der Waals surface area contributed by atoms with E-state index in [1.807, 2.05) is 72.7 Å². The summed E-state index contributed by atoms with van der Waals surface area (Å²) in [5, 5.41) is 3.10. The molecule has 1 N–H and O–H groups in total. The van der Waals surface area contributed by atoms with E-state index in [0.29, 0.717) is 19.5 Å². The molecule has 0 atom stereocenters. The van der Waals surface area contributed by atoms with Crippen LogP contribution >= 0.6 is 0 Å². The molecule has 1 aromatic carbocycles. The predicted octanol–water partition coefficient (Wildman–Crippen LogP) is 3.04. The molecule has 8 heteroatoms. The smallest absolute Gasteiger partial charge is 0.444 e. The molecule has 2 saturated heterocycles. The second-order valence-electron chi connectivity index (χ2n) is 10.8. The fraction of sp³-hybridized carbons (Fsp3) is 0.667. The number of nitrogens with one attached hydrogen (secondary N) is 1. The van der Waals surface area contributed by atoms with Gasteiger partial charge in [-0.2, -0.15) is 0 Å². The van der Waals surface area contributed by atoms with E-state index in [4.69, 9.17) is 14.0 Å². The van der Waals surface area contributed by atoms with Crippen LogP contribution < -0.4 is 10.8 Å². The molecule has 2 heterocycles. The van der Waals surface area contributed by atoms with E-state index in [9.17, 15) is 9.59 Å². The standard InChI is InChI=1S/C24H37BN2O5/c1-22(2,3)30-21(29)27-14-12-19(13-15-27)26-20(28)16-17-8-10-18(11-9-17)25-31-23(4,5)24(6,7)32-25/h8-11,19H,12-16H2,1-7H3,(H,26,28). The summed E-state index contributed by atoms with van der Waals surface area (Å²) in [5.74, 6) is -0.0101. The number of amides is 2. The molecule has 0 bridgehead atoms. The molecule has 32 heavy (non-hydrogen) atoms. The van der Waals surface area contributed by atoms with Crippen LogP contribution in [0.1, 0.15) is 66.9 Å². The highest BCUT2D eigenvalue weighted by Crippen LogP contribution is 2.36. The Labute approximate surface area is 192 Å².